The van der Waals surface area contributed by atoms with E-state index in [4.69, 9.17) is 0 Å². The van der Waals surface area contributed by atoms with Gasteiger partial charge < -0.3 is 15.5 Å². The fourth-order valence-electron chi connectivity index (χ4n) is 3.14. The number of hydrogen-bond acceptors (Lipinski definition) is 4. The second-order valence-corrected chi connectivity index (χ2v) is 6.32. The lowest BCUT2D eigenvalue weighted by Gasteiger charge is -2.13. The Bertz CT molecular complexity index is 902. The lowest BCUT2D eigenvalue weighted by molar-refractivity contribution is -0.140. The molecular formula is C18H21N5O3. The molecule has 0 fully saturated rings. The molecule has 2 N–H and O–H groups in total. The standard InChI is InChI=1S/C18H21N5O3/c1-10-13(11(2)23(4)21-10)9-19-16(24)17(25)20-15-12-7-5-6-8-14(12)22(3)18(15)26/h5-8,15H,9H2,1-4H3,(H,19,24)(H,20,25). The third-order valence-corrected chi connectivity index (χ3v) is 4.75. The van der Waals surface area contributed by atoms with Crippen LogP contribution in [-0.4, -0.2) is 34.5 Å². The van der Waals surface area contributed by atoms with Crippen molar-refractivity contribution in [3.8, 4) is 0 Å². The van der Waals surface area contributed by atoms with Gasteiger partial charge in [0.15, 0.2) is 0 Å². The number of aromatic nitrogens is 2. The third-order valence-electron chi connectivity index (χ3n) is 4.75. The largest absolute Gasteiger partial charge is 0.344 e. The van der Waals surface area contributed by atoms with Crippen molar-refractivity contribution >= 4 is 23.4 Å². The summed E-state index contributed by atoms with van der Waals surface area (Å²) in [4.78, 5) is 38.2. The number of nitrogens with one attached hydrogen (secondary N) is 2. The molecule has 8 nitrogen and oxygen atoms in total. The number of amides is 3. The van der Waals surface area contributed by atoms with E-state index in [1.54, 1.807) is 29.9 Å². The molecule has 1 aromatic heterocycles. The molecule has 0 saturated carbocycles. The van der Waals surface area contributed by atoms with Gasteiger partial charge in [-0.1, -0.05) is 18.2 Å². The lowest BCUT2D eigenvalue weighted by Crippen LogP contribution is -2.44. The van der Waals surface area contributed by atoms with E-state index < -0.39 is 17.9 Å². The number of rotatable bonds is 3. The van der Waals surface area contributed by atoms with Crippen molar-refractivity contribution in [2.75, 3.05) is 11.9 Å². The summed E-state index contributed by atoms with van der Waals surface area (Å²) in [6.07, 6.45) is 0. The Balaban J connectivity index is 1.67. The van der Waals surface area contributed by atoms with Crippen molar-refractivity contribution in [2.45, 2.75) is 26.4 Å². The number of benzene rings is 1. The Morgan fingerprint density at radius 2 is 1.85 bits per heavy atom. The average Bonchev–Trinajstić information content (AvgIpc) is 3.01. The van der Waals surface area contributed by atoms with Crippen molar-refractivity contribution in [1.29, 1.82) is 0 Å². The first kappa shape index (κ1) is 17.7. The highest BCUT2D eigenvalue weighted by atomic mass is 16.2. The Labute approximate surface area is 151 Å². The van der Waals surface area contributed by atoms with E-state index in [2.05, 4.69) is 15.7 Å². The molecule has 136 valence electrons. The van der Waals surface area contributed by atoms with Crippen LogP contribution in [0.15, 0.2) is 24.3 Å². The van der Waals surface area contributed by atoms with Gasteiger partial charge in [-0.3, -0.25) is 19.1 Å². The van der Waals surface area contributed by atoms with Crippen LogP contribution in [0.25, 0.3) is 0 Å². The maximum absolute atomic E-state index is 12.4. The fourth-order valence-corrected chi connectivity index (χ4v) is 3.14. The summed E-state index contributed by atoms with van der Waals surface area (Å²) in [5.74, 6) is -1.90. The molecule has 1 atom stereocenters. The number of carbonyl (C=O) groups is 3. The second kappa shape index (κ2) is 6.62. The molecular weight excluding hydrogens is 334 g/mol. The number of aryl methyl sites for hydroxylation is 2. The van der Waals surface area contributed by atoms with E-state index in [-0.39, 0.29) is 12.5 Å². The van der Waals surface area contributed by atoms with E-state index in [1.807, 2.05) is 27.0 Å². The molecule has 0 radical (unpaired) electrons. The molecule has 8 heteroatoms. The van der Waals surface area contributed by atoms with Gasteiger partial charge in [0.25, 0.3) is 5.91 Å². The van der Waals surface area contributed by atoms with Crippen LogP contribution in [0.3, 0.4) is 0 Å². The van der Waals surface area contributed by atoms with Crippen LogP contribution in [0, 0.1) is 13.8 Å². The average molecular weight is 355 g/mol. The Kier molecular flexibility index (Phi) is 4.50. The Morgan fingerprint density at radius 1 is 1.15 bits per heavy atom. The molecule has 26 heavy (non-hydrogen) atoms. The first-order valence-electron chi connectivity index (χ1n) is 8.25. The molecule has 2 aromatic rings. The highest BCUT2D eigenvalue weighted by Crippen LogP contribution is 2.34. The maximum Gasteiger partial charge on any atom is 0.310 e. The molecule has 3 amide bonds. The number of anilines is 1. The van der Waals surface area contributed by atoms with Crippen molar-refractivity contribution in [2.24, 2.45) is 7.05 Å². The summed E-state index contributed by atoms with van der Waals surface area (Å²) in [7, 11) is 3.46. The Morgan fingerprint density at radius 3 is 2.50 bits per heavy atom. The summed E-state index contributed by atoms with van der Waals surface area (Å²) in [6.45, 7) is 3.94. The maximum atomic E-state index is 12.4. The highest BCUT2D eigenvalue weighted by Gasteiger charge is 2.36. The van der Waals surface area contributed by atoms with Crippen LogP contribution >= 0.6 is 0 Å². The predicted molar refractivity (Wildman–Crippen MR) is 95.3 cm³/mol. The van der Waals surface area contributed by atoms with Crippen molar-refractivity contribution in [3.63, 3.8) is 0 Å². The van der Waals surface area contributed by atoms with Crippen LogP contribution in [0.2, 0.25) is 0 Å². The molecule has 0 spiro atoms. The zero-order valence-corrected chi connectivity index (χ0v) is 15.2. The van der Waals surface area contributed by atoms with E-state index in [1.165, 1.54) is 4.90 Å². The summed E-state index contributed by atoms with van der Waals surface area (Å²) < 4.78 is 1.72. The normalized spacial score (nSPS) is 15.8. The van der Waals surface area contributed by atoms with Crippen LogP contribution in [-0.2, 0) is 28.0 Å². The summed E-state index contributed by atoms with van der Waals surface area (Å²) in [6, 6.07) is 6.32. The van der Waals surface area contributed by atoms with Crippen LogP contribution in [0.1, 0.15) is 28.6 Å². The van der Waals surface area contributed by atoms with E-state index in [0.717, 1.165) is 22.6 Å². The van der Waals surface area contributed by atoms with E-state index in [0.29, 0.717) is 5.56 Å². The lowest BCUT2D eigenvalue weighted by atomic mass is 10.1. The number of para-hydroxylation sites is 1. The van der Waals surface area contributed by atoms with Gasteiger partial charge in [0, 0.05) is 43.1 Å². The van der Waals surface area contributed by atoms with Gasteiger partial charge >= 0.3 is 11.8 Å². The zero-order chi connectivity index (χ0) is 19.0. The smallest absolute Gasteiger partial charge is 0.310 e. The van der Waals surface area contributed by atoms with Crippen molar-refractivity contribution in [1.82, 2.24) is 20.4 Å². The molecule has 2 heterocycles. The highest BCUT2D eigenvalue weighted by molar-refractivity contribution is 6.35. The molecule has 3 rings (SSSR count). The van der Waals surface area contributed by atoms with Gasteiger partial charge in [0.05, 0.1) is 5.69 Å². The number of nitrogens with zero attached hydrogens (tertiary/aromatic N) is 3. The molecule has 1 aromatic carbocycles. The second-order valence-electron chi connectivity index (χ2n) is 6.32. The van der Waals surface area contributed by atoms with Gasteiger partial charge in [-0.2, -0.15) is 5.10 Å². The van der Waals surface area contributed by atoms with E-state index in [9.17, 15) is 14.4 Å². The quantitative estimate of drug-likeness (QED) is 0.783. The summed E-state index contributed by atoms with van der Waals surface area (Å²) in [5, 5.41) is 9.39. The van der Waals surface area contributed by atoms with Crippen molar-refractivity contribution in [3.05, 3.63) is 46.8 Å². The van der Waals surface area contributed by atoms with Crippen LogP contribution in [0.5, 0.6) is 0 Å². The monoisotopic (exact) mass is 355 g/mol. The molecule has 1 aliphatic rings. The zero-order valence-electron chi connectivity index (χ0n) is 15.2. The number of carbonyl (C=O) groups excluding carboxylic acids is 3. The molecule has 1 aliphatic heterocycles. The summed E-state index contributed by atoms with van der Waals surface area (Å²) >= 11 is 0. The Hall–Kier alpha value is -3.16. The molecule has 0 saturated heterocycles. The van der Waals surface area contributed by atoms with Gasteiger partial charge in [-0.25, -0.2) is 0 Å². The minimum absolute atomic E-state index is 0.201. The van der Waals surface area contributed by atoms with Gasteiger partial charge in [-0.05, 0) is 19.9 Å². The van der Waals surface area contributed by atoms with Crippen LogP contribution < -0.4 is 15.5 Å². The topological polar surface area (TPSA) is 96.3 Å². The number of likely N-dealkylation sites (N-methyl/N-ethyl adjacent to an activating group) is 1. The third kappa shape index (κ3) is 2.94. The SMILES string of the molecule is Cc1nn(C)c(C)c1CNC(=O)C(=O)NC1C(=O)N(C)c2ccccc21. The van der Waals surface area contributed by atoms with Crippen LogP contribution in [0.4, 0.5) is 5.69 Å². The van der Waals surface area contributed by atoms with Crippen molar-refractivity contribution < 1.29 is 14.4 Å². The first-order chi connectivity index (χ1) is 12.3. The first-order valence-corrected chi connectivity index (χ1v) is 8.25. The summed E-state index contributed by atoms with van der Waals surface area (Å²) in [5.41, 5.74) is 4.00. The minimum atomic E-state index is -0.851. The van der Waals surface area contributed by atoms with E-state index >= 15 is 0 Å². The van der Waals surface area contributed by atoms with Gasteiger partial charge in [0.1, 0.15) is 6.04 Å². The predicted octanol–water partition coefficient (Wildman–Crippen LogP) is 0.487. The fraction of sp³-hybridized carbons (Fsp3) is 0.333. The molecule has 0 aliphatic carbocycles. The number of fused-ring (bicyclic) bond motifs is 1. The molecule has 0 bridgehead atoms. The minimum Gasteiger partial charge on any atom is -0.344 e. The molecule has 1 unspecified atom stereocenters. The number of hydrogen-bond donors (Lipinski definition) is 2. The van der Waals surface area contributed by atoms with Gasteiger partial charge in [-0.15, -0.1) is 0 Å². The van der Waals surface area contributed by atoms with Gasteiger partial charge in [0.2, 0.25) is 0 Å².